The Morgan fingerprint density at radius 2 is 2.06 bits per heavy atom. The van der Waals surface area contributed by atoms with Gasteiger partial charge >= 0.3 is 0 Å². The van der Waals surface area contributed by atoms with Gasteiger partial charge in [-0.3, -0.25) is 0 Å². The summed E-state index contributed by atoms with van der Waals surface area (Å²) in [4.78, 5) is 0. The molecule has 0 bridgehead atoms. The minimum Gasteiger partial charge on any atom is -0.360 e. The molecule has 2 nitrogen and oxygen atoms in total. The maximum atomic E-state index is 5.36. The van der Waals surface area contributed by atoms with Gasteiger partial charge in [-0.2, -0.15) is 0 Å². The highest BCUT2D eigenvalue weighted by Gasteiger charge is 2.21. The summed E-state index contributed by atoms with van der Waals surface area (Å²) < 4.78 is 0. The number of rotatable bonds is 4. The van der Waals surface area contributed by atoms with Crippen molar-refractivity contribution in [2.45, 2.75) is 52.6 Å². The molecule has 0 fully saturated rings. The standard InChI is InChI=1S/C15H24N2S/c1-6-12(3)16-14(18)17-15(4,5)13-9-7-8-11(2)10-13/h7-10,12H,6H2,1-5H3,(H2,16,17,18). The van der Waals surface area contributed by atoms with E-state index >= 15 is 0 Å². The van der Waals surface area contributed by atoms with Gasteiger partial charge in [-0.1, -0.05) is 36.8 Å². The first-order valence-electron chi connectivity index (χ1n) is 6.51. The van der Waals surface area contributed by atoms with Gasteiger partial charge in [0.05, 0.1) is 5.54 Å². The van der Waals surface area contributed by atoms with Crippen LogP contribution in [0.25, 0.3) is 0 Å². The van der Waals surface area contributed by atoms with E-state index in [1.165, 1.54) is 11.1 Å². The maximum absolute atomic E-state index is 5.36. The van der Waals surface area contributed by atoms with E-state index < -0.39 is 0 Å². The highest BCUT2D eigenvalue weighted by molar-refractivity contribution is 7.80. The van der Waals surface area contributed by atoms with Crippen molar-refractivity contribution in [2.24, 2.45) is 0 Å². The molecule has 1 aromatic carbocycles. The largest absolute Gasteiger partial charge is 0.360 e. The smallest absolute Gasteiger partial charge is 0.167 e. The van der Waals surface area contributed by atoms with Crippen LogP contribution in [0, 0.1) is 6.92 Å². The van der Waals surface area contributed by atoms with E-state index in [1.54, 1.807) is 0 Å². The molecule has 18 heavy (non-hydrogen) atoms. The first kappa shape index (κ1) is 15.0. The maximum Gasteiger partial charge on any atom is 0.167 e. The van der Waals surface area contributed by atoms with E-state index in [2.05, 4.69) is 69.5 Å². The minimum atomic E-state index is -0.163. The first-order chi connectivity index (χ1) is 8.35. The van der Waals surface area contributed by atoms with Crippen LogP contribution in [0.3, 0.4) is 0 Å². The first-order valence-corrected chi connectivity index (χ1v) is 6.92. The van der Waals surface area contributed by atoms with Crippen molar-refractivity contribution in [3.05, 3.63) is 35.4 Å². The second-order valence-corrected chi connectivity index (χ2v) is 5.81. The van der Waals surface area contributed by atoms with Crippen LogP contribution in [-0.4, -0.2) is 11.2 Å². The van der Waals surface area contributed by atoms with Crippen molar-refractivity contribution in [3.63, 3.8) is 0 Å². The van der Waals surface area contributed by atoms with Crippen LogP contribution >= 0.6 is 12.2 Å². The monoisotopic (exact) mass is 264 g/mol. The number of thiocarbonyl (C=S) groups is 1. The lowest BCUT2D eigenvalue weighted by molar-refractivity contribution is 0.475. The summed E-state index contributed by atoms with van der Waals surface area (Å²) in [5, 5.41) is 7.39. The fourth-order valence-electron chi connectivity index (χ4n) is 1.75. The zero-order valence-corrected chi connectivity index (χ0v) is 12.8. The molecule has 100 valence electrons. The molecule has 0 aliphatic carbocycles. The minimum absolute atomic E-state index is 0.163. The molecule has 3 heteroatoms. The van der Waals surface area contributed by atoms with Gasteiger partial charge in [0.25, 0.3) is 0 Å². The molecule has 1 aromatic rings. The molecule has 0 saturated carbocycles. The average molecular weight is 264 g/mol. The van der Waals surface area contributed by atoms with Crippen LogP contribution in [0.1, 0.15) is 45.2 Å². The molecule has 1 atom stereocenters. The molecule has 1 unspecified atom stereocenters. The summed E-state index contributed by atoms with van der Waals surface area (Å²) in [5.74, 6) is 0. The van der Waals surface area contributed by atoms with E-state index in [9.17, 15) is 0 Å². The molecule has 0 aromatic heterocycles. The van der Waals surface area contributed by atoms with Crippen LogP contribution < -0.4 is 10.6 Å². The summed E-state index contributed by atoms with van der Waals surface area (Å²) in [7, 11) is 0. The van der Waals surface area contributed by atoms with Crippen LogP contribution in [0.5, 0.6) is 0 Å². The van der Waals surface area contributed by atoms with Gasteiger partial charge in [0.15, 0.2) is 5.11 Å². The van der Waals surface area contributed by atoms with Gasteiger partial charge in [-0.05, 0) is 51.9 Å². The SMILES string of the molecule is CCC(C)NC(=S)NC(C)(C)c1cccc(C)c1. The van der Waals surface area contributed by atoms with Gasteiger partial charge < -0.3 is 10.6 Å². The van der Waals surface area contributed by atoms with Crippen LogP contribution in [0.4, 0.5) is 0 Å². The molecule has 0 radical (unpaired) electrons. The van der Waals surface area contributed by atoms with Gasteiger partial charge in [-0.15, -0.1) is 0 Å². The van der Waals surface area contributed by atoms with Gasteiger partial charge in [0, 0.05) is 6.04 Å². The number of hydrogen-bond acceptors (Lipinski definition) is 1. The van der Waals surface area contributed by atoms with Crippen LogP contribution in [-0.2, 0) is 5.54 Å². The normalized spacial score (nSPS) is 12.9. The molecule has 0 aliphatic rings. The van der Waals surface area contributed by atoms with Crippen molar-refractivity contribution >= 4 is 17.3 Å². The second-order valence-electron chi connectivity index (χ2n) is 5.40. The lowest BCUT2D eigenvalue weighted by Crippen LogP contribution is -2.48. The van der Waals surface area contributed by atoms with Crippen LogP contribution in [0.2, 0.25) is 0 Å². The third kappa shape index (κ3) is 4.30. The van der Waals surface area contributed by atoms with Gasteiger partial charge in [0.1, 0.15) is 0 Å². The summed E-state index contributed by atoms with van der Waals surface area (Å²) in [6.07, 6.45) is 1.06. The Bertz CT molecular complexity index is 413. The van der Waals surface area contributed by atoms with Crippen molar-refractivity contribution in [1.29, 1.82) is 0 Å². The topological polar surface area (TPSA) is 24.1 Å². The summed E-state index contributed by atoms with van der Waals surface area (Å²) in [6.45, 7) is 10.7. The second kappa shape index (κ2) is 6.19. The number of benzene rings is 1. The molecule has 1 rings (SSSR count). The number of hydrogen-bond donors (Lipinski definition) is 2. The predicted octanol–water partition coefficient (Wildman–Crippen LogP) is 3.49. The van der Waals surface area contributed by atoms with Crippen LogP contribution in [0.15, 0.2) is 24.3 Å². The highest BCUT2D eigenvalue weighted by Crippen LogP contribution is 2.20. The van der Waals surface area contributed by atoms with E-state index in [-0.39, 0.29) is 5.54 Å². The molecule has 0 spiro atoms. The Kier molecular flexibility index (Phi) is 5.15. The molecule has 0 amide bonds. The third-order valence-corrected chi connectivity index (χ3v) is 3.38. The van der Waals surface area contributed by atoms with E-state index in [0.717, 1.165) is 11.5 Å². The summed E-state index contributed by atoms with van der Waals surface area (Å²) in [6, 6.07) is 8.91. The van der Waals surface area contributed by atoms with E-state index in [1.807, 2.05) is 0 Å². The van der Waals surface area contributed by atoms with Gasteiger partial charge in [-0.25, -0.2) is 0 Å². The number of aryl methyl sites for hydroxylation is 1. The molecular weight excluding hydrogens is 240 g/mol. The zero-order chi connectivity index (χ0) is 13.8. The number of nitrogens with one attached hydrogen (secondary N) is 2. The summed E-state index contributed by atoms with van der Waals surface area (Å²) in [5.41, 5.74) is 2.35. The lowest BCUT2D eigenvalue weighted by atomic mass is 9.93. The van der Waals surface area contributed by atoms with Crippen molar-refractivity contribution < 1.29 is 0 Å². The van der Waals surface area contributed by atoms with E-state index in [4.69, 9.17) is 12.2 Å². The lowest BCUT2D eigenvalue weighted by Gasteiger charge is -2.30. The molecule has 0 aliphatic heterocycles. The van der Waals surface area contributed by atoms with Gasteiger partial charge in [0.2, 0.25) is 0 Å². The molecular formula is C15H24N2S. The Hall–Kier alpha value is -1.09. The fourth-order valence-corrected chi connectivity index (χ4v) is 2.21. The Morgan fingerprint density at radius 1 is 1.39 bits per heavy atom. The predicted molar refractivity (Wildman–Crippen MR) is 82.8 cm³/mol. The zero-order valence-electron chi connectivity index (χ0n) is 12.0. The van der Waals surface area contributed by atoms with Crippen molar-refractivity contribution in [3.8, 4) is 0 Å². The van der Waals surface area contributed by atoms with Crippen molar-refractivity contribution in [2.75, 3.05) is 0 Å². The fraction of sp³-hybridized carbons (Fsp3) is 0.533. The van der Waals surface area contributed by atoms with Crippen molar-refractivity contribution in [1.82, 2.24) is 10.6 Å². The summed E-state index contributed by atoms with van der Waals surface area (Å²) >= 11 is 5.36. The van der Waals surface area contributed by atoms with E-state index in [0.29, 0.717) is 6.04 Å². The average Bonchev–Trinajstić information content (AvgIpc) is 2.28. The molecule has 0 saturated heterocycles. The Morgan fingerprint density at radius 3 is 2.61 bits per heavy atom. The molecule has 0 heterocycles. The Labute approximate surface area is 116 Å². The molecule has 2 N–H and O–H groups in total. The Balaban J connectivity index is 2.72. The third-order valence-electron chi connectivity index (χ3n) is 3.16. The highest BCUT2D eigenvalue weighted by atomic mass is 32.1. The quantitative estimate of drug-likeness (QED) is 0.814.